The number of hydrogen-bond acceptors (Lipinski definition) is 7. The lowest BCUT2D eigenvalue weighted by Crippen LogP contribution is -2.51. The van der Waals surface area contributed by atoms with Crippen molar-refractivity contribution in [3.63, 3.8) is 0 Å². The van der Waals surface area contributed by atoms with Gasteiger partial charge in [0.15, 0.2) is 0 Å². The molecule has 61 heavy (non-hydrogen) atoms. The number of phosphoric acid groups is 1. The molecule has 4 aliphatic rings. The Hall–Kier alpha value is -1.22. The Labute approximate surface area is 374 Å². The number of phosphoric ester groups is 1. The molecule has 9 nitrogen and oxygen atoms in total. The first-order valence-electron chi connectivity index (χ1n) is 25.3. The Morgan fingerprint density at radius 3 is 2.25 bits per heavy atom. The number of alkyl carbamates (subject to hydrolysis) is 1. The molecule has 0 spiro atoms. The lowest BCUT2D eigenvalue weighted by molar-refractivity contribution is -0.870. The maximum Gasteiger partial charge on any atom is 0.407 e. The highest BCUT2D eigenvalue weighted by atomic mass is 31.2. The molecule has 0 aromatic carbocycles. The van der Waals surface area contributed by atoms with Crippen molar-refractivity contribution in [2.24, 2.45) is 46.3 Å². The van der Waals surface area contributed by atoms with Crippen LogP contribution in [0.5, 0.6) is 0 Å². The Morgan fingerprint density at radius 1 is 0.918 bits per heavy atom. The second kappa shape index (κ2) is 24.9. The molecule has 0 aromatic rings. The predicted molar refractivity (Wildman–Crippen MR) is 249 cm³/mol. The maximum atomic E-state index is 13.5. The van der Waals surface area contributed by atoms with E-state index in [1.807, 2.05) is 27.2 Å². The number of nitrogens with one attached hydrogen (secondary N) is 1. The van der Waals surface area contributed by atoms with Crippen molar-refractivity contribution in [2.45, 2.75) is 207 Å². The second-order valence-corrected chi connectivity index (χ2v) is 23.6. The standard InChI is InChI=1S/C51H93N2O7P/c1-10-11-12-13-14-15-16-17-18-19-20-21-22-26-48(54)47(38-59-61(56,57)58-36-35-53(7,8)9)52-49(55)60-42-31-33-50(5)41(37-42)27-28-43-45-30-29-44(40(4)25-23-24-39(2)3)51(45,6)34-32-46(43)50/h22,26-27,39-40,42-48,54H,10-21,23-25,28-38H2,1-9H3,(H-,52,55,56,57)/b26-22+/t40-,42+,43+,44-,45+,46+,47?,48?,50+,51-/m1/s1. The van der Waals surface area contributed by atoms with Gasteiger partial charge in [-0.05, 0) is 104 Å². The fourth-order valence-corrected chi connectivity index (χ4v) is 13.0. The summed E-state index contributed by atoms with van der Waals surface area (Å²) in [7, 11) is 1.18. The van der Waals surface area contributed by atoms with Gasteiger partial charge in [0.2, 0.25) is 0 Å². The van der Waals surface area contributed by atoms with Crippen LogP contribution in [-0.4, -0.2) is 74.8 Å². The van der Waals surface area contributed by atoms with Gasteiger partial charge in [-0.3, -0.25) is 4.57 Å². The van der Waals surface area contributed by atoms with Crippen LogP contribution in [-0.2, 0) is 18.3 Å². The third-order valence-electron chi connectivity index (χ3n) is 16.0. The van der Waals surface area contributed by atoms with E-state index in [0.717, 1.165) is 74.5 Å². The first-order chi connectivity index (χ1) is 28.9. The smallest absolute Gasteiger partial charge is 0.407 e. The second-order valence-electron chi connectivity index (χ2n) is 22.1. The van der Waals surface area contributed by atoms with Crippen LogP contribution < -0.4 is 10.2 Å². The van der Waals surface area contributed by atoms with E-state index in [9.17, 15) is 19.4 Å². The summed E-state index contributed by atoms with van der Waals surface area (Å²) in [6, 6.07) is -1.03. The zero-order valence-corrected chi connectivity index (χ0v) is 41.5. The van der Waals surface area contributed by atoms with Crippen LogP contribution in [0, 0.1) is 46.3 Å². The summed E-state index contributed by atoms with van der Waals surface area (Å²) in [6.07, 6.45) is 31.8. The largest absolute Gasteiger partial charge is 0.756 e. The van der Waals surface area contributed by atoms with Gasteiger partial charge < -0.3 is 33.6 Å². The average molecular weight is 877 g/mol. The molecule has 0 saturated heterocycles. The van der Waals surface area contributed by atoms with E-state index in [1.165, 1.54) is 108 Å². The molecule has 3 fully saturated rings. The summed E-state index contributed by atoms with van der Waals surface area (Å²) >= 11 is 0. The zero-order valence-electron chi connectivity index (χ0n) is 40.6. The van der Waals surface area contributed by atoms with Gasteiger partial charge in [0.1, 0.15) is 19.3 Å². The Bertz CT molecular complexity index is 1410. The van der Waals surface area contributed by atoms with Gasteiger partial charge in [-0.2, -0.15) is 0 Å². The van der Waals surface area contributed by atoms with Gasteiger partial charge in [-0.25, -0.2) is 4.79 Å². The van der Waals surface area contributed by atoms with E-state index in [4.69, 9.17) is 13.8 Å². The van der Waals surface area contributed by atoms with Crippen molar-refractivity contribution in [3.05, 3.63) is 23.8 Å². The van der Waals surface area contributed by atoms with Crippen molar-refractivity contribution in [2.75, 3.05) is 40.9 Å². The highest BCUT2D eigenvalue weighted by Crippen LogP contribution is 2.67. The molecule has 0 heterocycles. The lowest BCUT2D eigenvalue weighted by Gasteiger charge is -2.58. The van der Waals surface area contributed by atoms with E-state index in [1.54, 1.807) is 6.08 Å². The van der Waals surface area contributed by atoms with Crippen LogP contribution in [0.4, 0.5) is 4.79 Å². The molecule has 10 heteroatoms. The van der Waals surface area contributed by atoms with Crippen LogP contribution in [0.25, 0.3) is 0 Å². The SMILES string of the molecule is CCCCCCCCCCCCC/C=C/C(O)C(COP(=O)([O-])OCC[N+](C)(C)C)NC(=O)O[C@H]1CC[C@@]2(C)C(=CC[C@H]3[C@@H]4CC[C@H]([C@H](C)CCCC(C)C)[C@@]4(C)CC[C@@H]32)C1. The highest BCUT2D eigenvalue weighted by Gasteiger charge is 2.59. The molecule has 0 aromatic heterocycles. The molecule has 4 rings (SSSR count). The van der Waals surface area contributed by atoms with Crippen molar-refractivity contribution in [3.8, 4) is 0 Å². The number of hydrogen-bond donors (Lipinski definition) is 2. The number of carbonyl (C=O) groups excluding carboxylic acids is 1. The van der Waals surface area contributed by atoms with Gasteiger partial charge in [-0.15, -0.1) is 0 Å². The third-order valence-corrected chi connectivity index (χ3v) is 16.9. The lowest BCUT2D eigenvalue weighted by atomic mass is 9.47. The number of allylic oxidation sites excluding steroid dienone is 2. The molecule has 11 atom stereocenters. The number of fused-ring (bicyclic) bond motifs is 5. The van der Waals surface area contributed by atoms with E-state index < -0.39 is 32.7 Å². The summed E-state index contributed by atoms with van der Waals surface area (Å²) in [5.41, 5.74) is 2.03. The first kappa shape index (κ1) is 52.4. The van der Waals surface area contributed by atoms with E-state index in [2.05, 4.69) is 52.9 Å². The van der Waals surface area contributed by atoms with Crippen LogP contribution in [0.1, 0.15) is 189 Å². The summed E-state index contributed by atoms with van der Waals surface area (Å²) in [5.74, 6) is 4.63. The van der Waals surface area contributed by atoms with Crippen LogP contribution in [0.2, 0.25) is 0 Å². The van der Waals surface area contributed by atoms with Gasteiger partial charge in [0, 0.05) is 6.42 Å². The van der Waals surface area contributed by atoms with Crippen molar-refractivity contribution in [1.29, 1.82) is 0 Å². The fraction of sp³-hybridized carbons (Fsp3) is 0.902. The number of rotatable bonds is 28. The Balaban J connectivity index is 1.30. The van der Waals surface area contributed by atoms with E-state index in [0.29, 0.717) is 22.4 Å². The van der Waals surface area contributed by atoms with Crippen molar-refractivity contribution in [1.82, 2.24) is 5.32 Å². The topological polar surface area (TPSA) is 117 Å². The fourth-order valence-electron chi connectivity index (χ4n) is 12.2. The molecule has 2 N–H and O–H groups in total. The quantitative estimate of drug-likeness (QED) is 0.0348. The van der Waals surface area contributed by atoms with Gasteiger partial charge in [-0.1, -0.05) is 149 Å². The van der Waals surface area contributed by atoms with Gasteiger partial charge >= 0.3 is 6.09 Å². The van der Waals surface area contributed by atoms with Gasteiger partial charge in [0.25, 0.3) is 7.82 Å². The van der Waals surface area contributed by atoms with Crippen LogP contribution in [0.15, 0.2) is 23.8 Å². The number of amides is 1. The maximum absolute atomic E-state index is 13.5. The highest BCUT2D eigenvalue weighted by molar-refractivity contribution is 7.45. The van der Waals surface area contributed by atoms with E-state index >= 15 is 0 Å². The van der Waals surface area contributed by atoms with Crippen LogP contribution in [0.3, 0.4) is 0 Å². The first-order valence-corrected chi connectivity index (χ1v) is 26.8. The number of unbranched alkanes of at least 4 members (excludes halogenated alkanes) is 11. The van der Waals surface area contributed by atoms with Crippen molar-refractivity contribution >= 4 is 13.9 Å². The molecule has 3 saturated carbocycles. The molecule has 4 aliphatic carbocycles. The number of quaternary nitrogens is 1. The molecule has 0 radical (unpaired) electrons. The Morgan fingerprint density at radius 2 is 1.59 bits per heavy atom. The number of aliphatic hydroxyl groups is 1. The number of carbonyl (C=O) groups is 1. The normalized spacial score (nSPS) is 30.2. The molecule has 0 bridgehead atoms. The number of aliphatic hydroxyl groups excluding tert-OH is 1. The van der Waals surface area contributed by atoms with Crippen molar-refractivity contribution < 1.29 is 37.6 Å². The zero-order chi connectivity index (χ0) is 44.7. The minimum Gasteiger partial charge on any atom is -0.756 e. The van der Waals surface area contributed by atoms with Crippen LogP contribution >= 0.6 is 7.82 Å². The molecule has 1 amide bonds. The summed E-state index contributed by atoms with van der Waals surface area (Å²) in [6.45, 7) is 14.6. The average Bonchev–Trinajstić information content (AvgIpc) is 3.55. The summed E-state index contributed by atoms with van der Waals surface area (Å²) in [5, 5.41) is 14.0. The predicted octanol–water partition coefficient (Wildman–Crippen LogP) is 12.3. The molecular formula is C51H93N2O7P. The molecule has 354 valence electrons. The number of nitrogens with zero attached hydrogens (tertiary/aromatic N) is 1. The monoisotopic (exact) mass is 877 g/mol. The third kappa shape index (κ3) is 16.3. The summed E-state index contributed by atoms with van der Waals surface area (Å²) in [4.78, 5) is 26.2. The minimum absolute atomic E-state index is 0.0256. The van der Waals surface area contributed by atoms with Gasteiger partial charge in [0.05, 0.1) is 39.9 Å². The number of likely N-dealkylation sites (N-methyl/N-ethyl adjacent to an activating group) is 1. The molecular weight excluding hydrogens is 784 g/mol. The summed E-state index contributed by atoms with van der Waals surface area (Å²) < 4.78 is 29.7. The van der Waals surface area contributed by atoms with E-state index in [-0.39, 0.29) is 18.1 Å². The Kier molecular flexibility index (Phi) is 21.4. The molecule has 3 unspecified atom stereocenters. The molecule has 0 aliphatic heterocycles. The number of ether oxygens (including phenoxy) is 1. The minimum atomic E-state index is -4.67.